The van der Waals surface area contributed by atoms with Gasteiger partial charge >= 0.3 is 0 Å². The van der Waals surface area contributed by atoms with Crippen molar-refractivity contribution in [2.24, 2.45) is 0 Å². The maximum absolute atomic E-state index is 12.4. The molecule has 0 aliphatic heterocycles. The van der Waals surface area contributed by atoms with Crippen molar-refractivity contribution in [2.45, 2.75) is 45.6 Å². The molecule has 2 rings (SSSR count). The SMILES string of the molecule is CCCCc1ccc(NC(=O)[C@@H](CC)Oc2cccc(Cl)c2)cc1. The Morgan fingerprint density at radius 3 is 2.54 bits per heavy atom. The molecule has 1 atom stereocenters. The molecular formula is C20H24ClNO2. The van der Waals surface area contributed by atoms with Crippen molar-refractivity contribution in [1.29, 1.82) is 0 Å². The molecule has 0 spiro atoms. The molecule has 0 unspecified atom stereocenters. The fourth-order valence-corrected chi connectivity index (χ4v) is 2.57. The smallest absolute Gasteiger partial charge is 0.265 e. The Morgan fingerprint density at radius 2 is 1.92 bits per heavy atom. The third-order valence-corrected chi connectivity index (χ3v) is 4.01. The summed E-state index contributed by atoms with van der Waals surface area (Å²) in [5, 5.41) is 3.50. The number of benzene rings is 2. The van der Waals surface area contributed by atoms with Crippen LogP contribution in [-0.2, 0) is 11.2 Å². The summed E-state index contributed by atoms with van der Waals surface area (Å²) in [4.78, 5) is 12.4. The van der Waals surface area contributed by atoms with Crippen molar-refractivity contribution in [3.05, 3.63) is 59.1 Å². The maximum atomic E-state index is 12.4. The topological polar surface area (TPSA) is 38.3 Å². The molecule has 3 nitrogen and oxygen atoms in total. The van der Waals surface area contributed by atoms with Crippen LogP contribution in [0.2, 0.25) is 5.02 Å². The van der Waals surface area contributed by atoms with Crippen LogP contribution in [0.1, 0.15) is 38.7 Å². The zero-order valence-electron chi connectivity index (χ0n) is 14.2. The van der Waals surface area contributed by atoms with E-state index in [1.807, 2.05) is 19.1 Å². The summed E-state index contributed by atoms with van der Waals surface area (Å²) in [6, 6.07) is 15.1. The van der Waals surface area contributed by atoms with Crippen LogP contribution >= 0.6 is 11.6 Å². The second-order valence-corrected chi connectivity index (χ2v) is 6.20. The van der Waals surface area contributed by atoms with E-state index in [-0.39, 0.29) is 5.91 Å². The van der Waals surface area contributed by atoms with Gasteiger partial charge in [0.15, 0.2) is 6.10 Å². The van der Waals surface area contributed by atoms with Gasteiger partial charge in [0.1, 0.15) is 5.75 Å². The van der Waals surface area contributed by atoms with Crippen LogP contribution in [0.3, 0.4) is 0 Å². The van der Waals surface area contributed by atoms with Crippen molar-refractivity contribution < 1.29 is 9.53 Å². The number of amides is 1. The first-order valence-electron chi connectivity index (χ1n) is 8.44. The van der Waals surface area contributed by atoms with E-state index in [0.717, 1.165) is 12.1 Å². The summed E-state index contributed by atoms with van der Waals surface area (Å²) >= 11 is 5.95. The molecule has 0 aliphatic rings. The molecule has 2 aromatic rings. The minimum absolute atomic E-state index is 0.154. The molecule has 0 aromatic heterocycles. The molecule has 0 aliphatic carbocycles. The molecule has 0 heterocycles. The lowest BCUT2D eigenvalue weighted by molar-refractivity contribution is -0.122. The predicted molar refractivity (Wildman–Crippen MR) is 99.8 cm³/mol. The van der Waals surface area contributed by atoms with Gasteiger partial charge < -0.3 is 10.1 Å². The van der Waals surface area contributed by atoms with Gasteiger partial charge in [-0.1, -0.05) is 50.1 Å². The molecule has 0 bridgehead atoms. The fourth-order valence-electron chi connectivity index (χ4n) is 2.39. The number of halogens is 1. The number of anilines is 1. The molecule has 0 saturated carbocycles. The van der Waals surface area contributed by atoms with Crippen molar-refractivity contribution in [2.75, 3.05) is 5.32 Å². The quantitative estimate of drug-likeness (QED) is 0.688. The van der Waals surface area contributed by atoms with E-state index in [1.165, 1.54) is 18.4 Å². The summed E-state index contributed by atoms with van der Waals surface area (Å²) in [5.41, 5.74) is 2.07. The minimum Gasteiger partial charge on any atom is -0.481 e. The van der Waals surface area contributed by atoms with Crippen molar-refractivity contribution in [3.8, 4) is 5.75 Å². The summed E-state index contributed by atoms with van der Waals surface area (Å²) in [6.45, 7) is 4.10. The number of aryl methyl sites for hydroxylation is 1. The van der Waals surface area contributed by atoms with Crippen molar-refractivity contribution in [3.63, 3.8) is 0 Å². The normalized spacial score (nSPS) is 11.8. The number of unbranched alkanes of at least 4 members (excludes halogenated alkanes) is 1. The first-order chi connectivity index (χ1) is 11.6. The van der Waals surface area contributed by atoms with E-state index >= 15 is 0 Å². The van der Waals surface area contributed by atoms with Crippen LogP contribution in [0.25, 0.3) is 0 Å². The highest BCUT2D eigenvalue weighted by atomic mass is 35.5. The van der Waals surface area contributed by atoms with Gasteiger partial charge in [-0.2, -0.15) is 0 Å². The van der Waals surface area contributed by atoms with Crippen LogP contribution in [0, 0.1) is 0 Å². The van der Waals surface area contributed by atoms with E-state index in [1.54, 1.807) is 24.3 Å². The third-order valence-electron chi connectivity index (χ3n) is 3.78. The Kier molecular flexibility index (Phi) is 7.13. The van der Waals surface area contributed by atoms with Crippen LogP contribution in [-0.4, -0.2) is 12.0 Å². The Morgan fingerprint density at radius 1 is 1.17 bits per heavy atom. The number of hydrogen-bond donors (Lipinski definition) is 1. The van der Waals surface area contributed by atoms with E-state index in [2.05, 4.69) is 24.4 Å². The Balaban J connectivity index is 1.96. The van der Waals surface area contributed by atoms with E-state index in [0.29, 0.717) is 17.2 Å². The lowest BCUT2D eigenvalue weighted by Gasteiger charge is -2.17. The molecule has 0 radical (unpaired) electrons. The maximum Gasteiger partial charge on any atom is 0.265 e. The molecule has 24 heavy (non-hydrogen) atoms. The first-order valence-corrected chi connectivity index (χ1v) is 8.82. The van der Waals surface area contributed by atoms with Crippen LogP contribution in [0.4, 0.5) is 5.69 Å². The monoisotopic (exact) mass is 345 g/mol. The lowest BCUT2D eigenvalue weighted by Crippen LogP contribution is -2.32. The van der Waals surface area contributed by atoms with Gasteiger partial charge in [-0.05, 0) is 55.2 Å². The summed E-state index contributed by atoms with van der Waals surface area (Å²) in [7, 11) is 0. The molecule has 1 N–H and O–H groups in total. The van der Waals surface area contributed by atoms with E-state index in [4.69, 9.17) is 16.3 Å². The molecule has 4 heteroatoms. The van der Waals surface area contributed by atoms with Gasteiger partial charge in [-0.3, -0.25) is 4.79 Å². The molecular weight excluding hydrogens is 322 g/mol. The number of hydrogen-bond acceptors (Lipinski definition) is 2. The van der Waals surface area contributed by atoms with E-state index < -0.39 is 6.10 Å². The second-order valence-electron chi connectivity index (χ2n) is 5.76. The van der Waals surface area contributed by atoms with E-state index in [9.17, 15) is 4.79 Å². The van der Waals surface area contributed by atoms with Gasteiger partial charge in [0.05, 0.1) is 0 Å². The molecule has 2 aromatic carbocycles. The molecule has 0 fully saturated rings. The summed E-state index contributed by atoms with van der Waals surface area (Å²) in [5.74, 6) is 0.443. The van der Waals surface area contributed by atoms with Crippen LogP contribution in [0.5, 0.6) is 5.75 Å². The standard InChI is InChI=1S/C20H24ClNO2/c1-3-5-7-15-10-12-17(13-11-15)22-20(23)19(4-2)24-18-9-6-8-16(21)14-18/h6,8-14,19H,3-5,7H2,1-2H3,(H,22,23)/t19-/m1/s1. The third kappa shape index (κ3) is 5.57. The van der Waals surface area contributed by atoms with Gasteiger partial charge in [0.2, 0.25) is 0 Å². The summed E-state index contributed by atoms with van der Waals surface area (Å²) in [6.07, 6.45) is 3.45. The minimum atomic E-state index is -0.553. The molecule has 128 valence electrons. The predicted octanol–water partition coefficient (Wildman–Crippen LogP) is 5.48. The Bertz CT molecular complexity index is 655. The number of carbonyl (C=O) groups excluding carboxylic acids is 1. The zero-order valence-corrected chi connectivity index (χ0v) is 15.0. The highest BCUT2D eigenvalue weighted by Gasteiger charge is 2.18. The average molecular weight is 346 g/mol. The largest absolute Gasteiger partial charge is 0.481 e. The van der Waals surface area contributed by atoms with Crippen molar-refractivity contribution in [1.82, 2.24) is 0 Å². The molecule has 0 saturated heterocycles. The van der Waals surface area contributed by atoms with Gasteiger partial charge in [0, 0.05) is 10.7 Å². The fraction of sp³-hybridized carbons (Fsp3) is 0.350. The van der Waals surface area contributed by atoms with Crippen LogP contribution in [0.15, 0.2) is 48.5 Å². The van der Waals surface area contributed by atoms with Gasteiger partial charge in [0.25, 0.3) is 5.91 Å². The number of ether oxygens (including phenoxy) is 1. The highest BCUT2D eigenvalue weighted by molar-refractivity contribution is 6.30. The van der Waals surface area contributed by atoms with Gasteiger partial charge in [-0.15, -0.1) is 0 Å². The molecule has 1 amide bonds. The second kappa shape index (κ2) is 9.33. The number of carbonyl (C=O) groups is 1. The lowest BCUT2D eigenvalue weighted by atomic mass is 10.1. The highest BCUT2D eigenvalue weighted by Crippen LogP contribution is 2.20. The first kappa shape index (κ1) is 18.3. The Labute approximate surface area is 149 Å². The average Bonchev–Trinajstić information content (AvgIpc) is 2.59. The number of rotatable bonds is 8. The van der Waals surface area contributed by atoms with Crippen LogP contribution < -0.4 is 10.1 Å². The Hall–Kier alpha value is -2.00. The van der Waals surface area contributed by atoms with Crippen molar-refractivity contribution >= 4 is 23.2 Å². The summed E-state index contributed by atoms with van der Waals surface area (Å²) < 4.78 is 5.76. The zero-order chi connectivity index (χ0) is 17.4. The van der Waals surface area contributed by atoms with Gasteiger partial charge in [-0.25, -0.2) is 0 Å². The number of nitrogens with one attached hydrogen (secondary N) is 1.